The van der Waals surface area contributed by atoms with Gasteiger partial charge < -0.3 is 0 Å². The molecule has 0 radical (unpaired) electrons. The molecule has 1 N–H and O–H groups in total. The number of pyridine rings is 1. The van der Waals surface area contributed by atoms with Crippen LogP contribution in [0.2, 0.25) is 0 Å². The Morgan fingerprint density at radius 1 is 1.43 bits per heavy atom. The van der Waals surface area contributed by atoms with Crippen LogP contribution >= 0.6 is 0 Å². The molecule has 0 bridgehead atoms. The van der Waals surface area contributed by atoms with Gasteiger partial charge in [0, 0.05) is 0 Å². The van der Waals surface area contributed by atoms with Crippen LogP contribution < -0.4 is 4.72 Å². The molecule has 76 valence electrons. The predicted octanol–water partition coefficient (Wildman–Crippen LogP) is 1.12. The average Bonchev–Trinajstić information content (AvgIpc) is 2.91. The van der Waals surface area contributed by atoms with Gasteiger partial charge >= 0.3 is 0 Å². The summed E-state index contributed by atoms with van der Waals surface area (Å²) in [6.45, 7) is 0. The van der Waals surface area contributed by atoms with E-state index in [1.807, 2.05) is 0 Å². The van der Waals surface area contributed by atoms with Crippen molar-refractivity contribution < 1.29 is 12.8 Å². The van der Waals surface area contributed by atoms with Crippen LogP contribution in [0.3, 0.4) is 0 Å². The van der Waals surface area contributed by atoms with E-state index in [0.29, 0.717) is 18.5 Å². The average molecular weight is 216 g/mol. The molecule has 0 atom stereocenters. The number of sulfonamides is 1. The van der Waals surface area contributed by atoms with E-state index in [1.165, 1.54) is 6.07 Å². The van der Waals surface area contributed by atoms with Crippen LogP contribution in [0.5, 0.6) is 0 Å². The summed E-state index contributed by atoms with van der Waals surface area (Å²) in [6, 6.07) is 2.47. The fourth-order valence-electron chi connectivity index (χ4n) is 1.06. The number of hydrogen-bond acceptors (Lipinski definition) is 3. The van der Waals surface area contributed by atoms with Crippen LogP contribution in [-0.2, 0) is 10.0 Å². The second-order valence-corrected chi connectivity index (χ2v) is 5.18. The lowest BCUT2D eigenvalue weighted by molar-refractivity contribution is 0.583. The van der Waals surface area contributed by atoms with Gasteiger partial charge in [-0.2, -0.15) is 4.39 Å². The Morgan fingerprint density at radius 3 is 2.64 bits per heavy atom. The SMILES string of the molecule is O=S(=O)(Nc1ccc(F)nc1)C1CC1. The van der Waals surface area contributed by atoms with Crippen LogP contribution in [0, 0.1) is 5.95 Å². The first-order chi connectivity index (χ1) is 6.58. The fourth-order valence-corrected chi connectivity index (χ4v) is 2.43. The van der Waals surface area contributed by atoms with Crippen LogP contribution in [0.1, 0.15) is 12.8 Å². The summed E-state index contributed by atoms with van der Waals surface area (Å²) in [5.74, 6) is -0.626. The van der Waals surface area contributed by atoms with Gasteiger partial charge in [-0.25, -0.2) is 13.4 Å². The van der Waals surface area contributed by atoms with Gasteiger partial charge in [-0.1, -0.05) is 0 Å². The number of hydrogen-bond donors (Lipinski definition) is 1. The summed E-state index contributed by atoms with van der Waals surface area (Å²) in [7, 11) is -3.27. The molecule has 1 saturated carbocycles. The molecule has 2 rings (SSSR count). The van der Waals surface area contributed by atoms with Gasteiger partial charge in [0.2, 0.25) is 16.0 Å². The number of rotatable bonds is 3. The third-order valence-corrected chi connectivity index (χ3v) is 3.82. The van der Waals surface area contributed by atoms with E-state index in [1.54, 1.807) is 0 Å². The highest BCUT2D eigenvalue weighted by molar-refractivity contribution is 7.93. The van der Waals surface area contributed by atoms with Crippen molar-refractivity contribution in [2.75, 3.05) is 4.72 Å². The van der Waals surface area contributed by atoms with Gasteiger partial charge in [-0.05, 0) is 25.0 Å². The van der Waals surface area contributed by atoms with Crippen molar-refractivity contribution in [1.82, 2.24) is 4.98 Å². The molecular weight excluding hydrogens is 207 g/mol. The predicted molar refractivity (Wildman–Crippen MR) is 49.8 cm³/mol. The minimum absolute atomic E-state index is 0.285. The standard InChI is InChI=1S/C8H9FN2O2S/c9-8-4-1-6(5-10-8)11-14(12,13)7-2-3-7/h1,4-5,7,11H,2-3H2. The highest BCUT2D eigenvalue weighted by atomic mass is 32.2. The van der Waals surface area contributed by atoms with Crippen molar-refractivity contribution in [3.05, 3.63) is 24.3 Å². The van der Waals surface area contributed by atoms with Gasteiger partial charge in [0.15, 0.2) is 0 Å². The maximum absolute atomic E-state index is 12.4. The summed E-state index contributed by atoms with van der Waals surface area (Å²) in [5, 5.41) is -0.285. The molecule has 0 spiro atoms. The van der Waals surface area contributed by atoms with Gasteiger partial charge in [0.05, 0.1) is 17.1 Å². The lowest BCUT2D eigenvalue weighted by Crippen LogP contribution is -2.17. The summed E-state index contributed by atoms with van der Waals surface area (Å²) >= 11 is 0. The van der Waals surface area contributed by atoms with E-state index in [0.717, 1.165) is 12.3 Å². The molecule has 0 aliphatic heterocycles. The van der Waals surface area contributed by atoms with E-state index in [2.05, 4.69) is 9.71 Å². The van der Waals surface area contributed by atoms with Crippen LogP contribution in [0.15, 0.2) is 18.3 Å². The molecular formula is C8H9FN2O2S. The molecule has 0 aromatic carbocycles. The number of aromatic nitrogens is 1. The highest BCUT2D eigenvalue weighted by Gasteiger charge is 2.35. The highest BCUT2D eigenvalue weighted by Crippen LogP contribution is 2.29. The van der Waals surface area contributed by atoms with Crippen LogP contribution in [-0.4, -0.2) is 18.7 Å². The van der Waals surface area contributed by atoms with Gasteiger partial charge in [-0.15, -0.1) is 0 Å². The topological polar surface area (TPSA) is 59.1 Å². The Morgan fingerprint density at radius 2 is 2.14 bits per heavy atom. The van der Waals surface area contributed by atoms with Crippen LogP contribution in [0.4, 0.5) is 10.1 Å². The quantitative estimate of drug-likeness (QED) is 0.770. The van der Waals surface area contributed by atoms with E-state index < -0.39 is 16.0 Å². The minimum Gasteiger partial charge on any atom is -0.282 e. The first-order valence-corrected chi connectivity index (χ1v) is 5.76. The molecule has 0 amide bonds. The molecule has 1 aliphatic carbocycles. The smallest absolute Gasteiger partial charge is 0.235 e. The molecule has 1 aromatic heterocycles. The van der Waals surface area contributed by atoms with E-state index >= 15 is 0 Å². The monoisotopic (exact) mass is 216 g/mol. The van der Waals surface area contributed by atoms with Crippen molar-refractivity contribution in [2.24, 2.45) is 0 Å². The largest absolute Gasteiger partial charge is 0.282 e. The van der Waals surface area contributed by atoms with Crippen LogP contribution in [0.25, 0.3) is 0 Å². The van der Waals surface area contributed by atoms with Crippen molar-refractivity contribution >= 4 is 15.7 Å². The van der Waals surface area contributed by atoms with Gasteiger partial charge in [0.25, 0.3) is 0 Å². The Bertz CT molecular complexity index is 425. The Kier molecular flexibility index (Phi) is 2.14. The number of nitrogens with zero attached hydrogens (tertiary/aromatic N) is 1. The zero-order valence-electron chi connectivity index (χ0n) is 7.27. The molecule has 14 heavy (non-hydrogen) atoms. The first-order valence-electron chi connectivity index (χ1n) is 4.21. The second kappa shape index (κ2) is 3.20. The number of halogens is 1. The minimum atomic E-state index is -3.27. The summed E-state index contributed by atoms with van der Waals surface area (Å²) in [4.78, 5) is 3.35. The molecule has 0 saturated heterocycles. The van der Waals surface area contributed by atoms with Crippen molar-refractivity contribution in [2.45, 2.75) is 18.1 Å². The maximum Gasteiger partial charge on any atom is 0.235 e. The van der Waals surface area contributed by atoms with Crippen molar-refractivity contribution in [3.8, 4) is 0 Å². The summed E-state index contributed by atoms with van der Waals surface area (Å²) < 4.78 is 37.6. The molecule has 1 heterocycles. The fraction of sp³-hybridized carbons (Fsp3) is 0.375. The Balaban J connectivity index is 2.14. The zero-order valence-corrected chi connectivity index (χ0v) is 8.09. The number of anilines is 1. The van der Waals surface area contributed by atoms with Gasteiger partial charge in [0.1, 0.15) is 0 Å². The molecule has 6 heteroatoms. The molecule has 1 aliphatic rings. The molecule has 0 unspecified atom stereocenters. The number of nitrogens with one attached hydrogen (secondary N) is 1. The first kappa shape index (κ1) is 9.39. The van der Waals surface area contributed by atoms with Gasteiger partial charge in [-0.3, -0.25) is 4.72 Å². The molecule has 4 nitrogen and oxygen atoms in total. The van der Waals surface area contributed by atoms with E-state index in [9.17, 15) is 12.8 Å². The lowest BCUT2D eigenvalue weighted by atomic mass is 10.4. The lowest BCUT2D eigenvalue weighted by Gasteiger charge is -2.05. The molecule has 1 fully saturated rings. The third kappa shape index (κ3) is 2.01. The van der Waals surface area contributed by atoms with Crippen molar-refractivity contribution in [1.29, 1.82) is 0 Å². The van der Waals surface area contributed by atoms with Crippen molar-refractivity contribution in [3.63, 3.8) is 0 Å². The summed E-state index contributed by atoms with van der Waals surface area (Å²) in [6.07, 6.45) is 2.56. The maximum atomic E-state index is 12.4. The summed E-state index contributed by atoms with van der Waals surface area (Å²) in [5.41, 5.74) is 0.304. The normalized spacial score (nSPS) is 16.6. The zero-order chi connectivity index (χ0) is 10.2. The second-order valence-electron chi connectivity index (χ2n) is 3.22. The Hall–Kier alpha value is -1.17. The van der Waals surface area contributed by atoms with E-state index in [4.69, 9.17) is 0 Å². The third-order valence-electron chi connectivity index (χ3n) is 1.95. The molecule has 1 aromatic rings. The van der Waals surface area contributed by atoms with E-state index in [-0.39, 0.29) is 5.25 Å². The Labute approximate surface area is 81.2 Å².